The highest BCUT2D eigenvalue weighted by molar-refractivity contribution is 5.95. The van der Waals surface area contributed by atoms with Crippen molar-refractivity contribution in [3.05, 3.63) is 36.5 Å². The van der Waals surface area contributed by atoms with E-state index in [1.165, 1.54) is 0 Å². The molecule has 0 radical (unpaired) electrons. The molecular weight excluding hydrogens is 340 g/mol. The quantitative estimate of drug-likeness (QED) is 0.345. The van der Waals surface area contributed by atoms with Crippen LogP contribution in [0.1, 0.15) is 58.3 Å². The van der Waals surface area contributed by atoms with Gasteiger partial charge in [0.25, 0.3) is 0 Å². The predicted molar refractivity (Wildman–Crippen MR) is 106 cm³/mol. The lowest BCUT2D eigenvalue weighted by Crippen LogP contribution is -2.40. The lowest BCUT2D eigenvalue weighted by molar-refractivity contribution is -0.137. The van der Waals surface area contributed by atoms with Crippen molar-refractivity contribution in [1.82, 2.24) is 0 Å². The number of hydrogen-bond donors (Lipinski definition) is 2. The third-order valence-corrected chi connectivity index (χ3v) is 5.74. The summed E-state index contributed by atoms with van der Waals surface area (Å²) in [5.74, 6) is 5.24. The Morgan fingerprint density at radius 1 is 1.41 bits per heavy atom. The van der Waals surface area contributed by atoms with Crippen LogP contribution >= 0.6 is 0 Å². The Morgan fingerprint density at radius 2 is 2.19 bits per heavy atom. The molecule has 0 amide bonds. The number of aliphatic hydroxyl groups excluding tert-OH is 1. The second kappa shape index (κ2) is 10.3. The Balaban J connectivity index is 1.88. The molecule has 0 aliphatic heterocycles. The smallest absolute Gasteiger partial charge is 0.303 e. The molecule has 1 saturated carbocycles. The largest absolute Gasteiger partial charge is 0.481 e. The maximum absolute atomic E-state index is 12.1. The molecule has 0 saturated heterocycles. The number of hydrogen-bond acceptors (Lipinski definition) is 3. The summed E-state index contributed by atoms with van der Waals surface area (Å²) in [6.45, 7) is 1.82. The summed E-state index contributed by atoms with van der Waals surface area (Å²) < 4.78 is 0. The van der Waals surface area contributed by atoms with Crippen molar-refractivity contribution >= 4 is 11.8 Å². The first-order valence-electron chi connectivity index (χ1n) is 9.83. The van der Waals surface area contributed by atoms with Crippen molar-refractivity contribution in [2.75, 3.05) is 0 Å². The van der Waals surface area contributed by atoms with E-state index in [4.69, 9.17) is 5.11 Å². The van der Waals surface area contributed by atoms with E-state index in [1.807, 2.05) is 37.3 Å². The summed E-state index contributed by atoms with van der Waals surface area (Å²) in [6.07, 6.45) is 16.7. The van der Waals surface area contributed by atoms with Gasteiger partial charge >= 0.3 is 5.97 Å². The minimum Gasteiger partial charge on any atom is -0.481 e. The molecule has 1 unspecified atom stereocenters. The van der Waals surface area contributed by atoms with Gasteiger partial charge in [-0.3, -0.25) is 9.59 Å². The molecule has 2 aliphatic rings. The summed E-state index contributed by atoms with van der Waals surface area (Å²) in [5.41, 5.74) is -0.120. The number of rotatable bonds is 10. The van der Waals surface area contributed by atoms with Gasteiger partial charge in [-0.1, -0.05) is 36.8 Å². The Bertz CT molecular complexity index is 670. The molecule has 2 aliphatic carbocycles. The number of aliphatic carboxylic acids is 1. The van der Waals surface area contributed by atoms with Crippen LogP contribution in [0.4, 0.5) is 0 Å². The van der Waals surface area contributed by atoms with E-state index in [2.05, 4.69) is 11.8 Å². The van der Waals surface area contributed by atoms with Gasteiger partial charge in [0.2, 0.25) is 0 Å². The fourth-order valence-electron chi connectivity index (χ4n) is 3.77. The van der Waals surface area contributed by atoms with Crippen LogP contribution in [0.15, 0.2) is 36.5 Å². The fourth-order valence-corrected chi connectivity index (χ4v) is 3.77. The molecule has 0 spiro atoms. The van der Waals surface area contributed by atoms with Gasteiger partial charge < -0.3 is 10.2 Å². The molecule has 0 aromatic rings. The van der Waals surface area contributed by atoms with Crippen LogP contribution in [0.2, 0.25) is 0 Å². The van der Waals surface area contributed by atoms with Crippen LogP contribution in [0.3, 0.4) is 0 Å². The fraction of sp³-hybridized carbons (Fsp3) is 0.565. The zero-order valence-electron chi connectivity index (χ0n) is 16.1. The lowest BCUT2D eigenvalue weighted by Gasteiger charge is -2.43. The molecule has 1 fully saturated rings. The standard InChI is InChI=1S/C23H30O4/c1-2-3-15-23(16-8-17-23)21(25)14-12-18-11-13-20(24)19(18)9-6-4-5-7-10-22(26)27/h4,6,11-14,18-19,21,25H,5,7-10,15-17H2,1H3,(H,26,27)/t18-,19-,21?/m1/s1. The number of carboxylic acids is 1. The second-order valence-electron chi connectivity index (χ2n) is 7.59. The van der Waals surface area contributed by atoms with Crippen LogP contribution in [0, 0.1) is 29.1 Å². The summed E-state index contributed by atoms with van der Waals surface area (Å²) in [7, 11) is 0. The number of carbonyl (C=O) groups excluding carboxylic acids is 1. The van der Waals surface area contributed by atoms with Gasteiger partial charge in [-0.05, 0) is 45.1 Å². The maximum atomic E-state index is 12.1. The normalized spacial score (nSPS) is 24.7. The molecule has 3 atom stereocenters. The van der Waals surface area contributed by atoms with Crippen molar-refractivity contribution in [2.45, 2.75) is 64.4 Å². The Labute approximate surface area is 162 Å². The number of carbonyl (C=O) groups is 2. The number of allylic oxidation sites excluding steroid dienone is 5. The van der Waals surface area contributed by atoms with Crippen LogP contribution in [-0.2, 0) is 9.59 Å². The summed E-state index contributed by atoms with van der Waals surface area (Å²) >= 11 is 0. The number of unbranched alkanes of at least 4 members (excludes halogenated alkanes) is 1. The highest BCUT2D eigenvalue weighted by atomic mass is 16.4. The zero-order chi connectivity index (χ0) is 19.7. The van der Waals surface area contributed by atoms with Gasteiger partial charge in [-0.2, -0.15) is 0 Å². The Morgan fingerprint density at radius 3 is 2.81 bits per heavy atom. The number of ketones is 1. The molecule has 0 aromatic carbocycles. The molecule has 4 heteroatoms. The third kappa shape index (κ3) is 5.94. The van der Waals surface area contributed by atoms with Crippen LogP contribution in [0.25, 0.3) is 0 Å². The average molecular weight is 370 g/mol. The molecule has 2 rings (SSSR count). The highest BCUT2D eigenvalue weighted by Gasteiger charge is 2.41. The van der Waals surface area contributed by atoms with Crippen molar-refractivity contribution in [2.24, 2.45) is 17.3 Å². The lowest BCUT2D eigenvalue weighted by atomic mass is 9.63. The summed E-state index contributed by atoms with van der Waals surface area (Å²) in [4.78, 5) is 22.6. The molecule has 0 heterocycles. The van der Waals surface area contributed by atoms with Crippen molar-refractivity contribution < 1.29 is 19.8 Å². The Hall–Kier alpha value is -2.12. The van der Waals surface area contributed by atoms with Gasteiger partial charge in [0, 0.05) is 30.1 Å². The van der Waals surface area contributed by atoms with E-state index in [9.17, 15) is 14.7 Å². The van der Waals surface area contributed by atoms with E-state index in [0.717, 1.165) is 25.7 Å². The number of aliphatic hydroxyl groups is 1. The van der Waals surface area contributed by atoms with Gasteiger partial charge in [0.1, 0.15) is 0 Å². The van der Waals surface area contributed by atoms with E-state index in [-0.39, 0.29) is 29.5 Å². The van der Waals surface area contributed by atoms with Gasteiger partial charge in [0.15, 0.2) is 5.78 Å². The average Bonchev–Trinajstić information content (AvgIpc) is 2.95. The monoisotopic (exact) mass is 370 g/mol. The molecule has 146 valence electrons. The first-order valence-corrected chi connectivity index (χ1v) is 9.83. The molecular formula is C23H30O4. The minimum absolute atomic E-state index is 0.00482. The molecule has 2 N–H and O–H groups in total. The first kappa shape index (κ1) is 21.2. The van der Waals surface area contributed by atoms with Gasteiger partial charge in [-0.15, -0.1) is 11.8 Å². The maximum Gasteiger partial charge on any atom is 0.303 e. The first-order chi connectivity index (χ1) is 13.0. The van der Waals surface area contributed by atoms with E-state index >= 15 is 0 Å². The van der Waals surface area contributed by atoms with Gasteiger partial charge in [-0.25, -0.2) is 0 Å². The minimum atomic E-state index is -0.781. The molecule has 27 heavy (non-hydrogen) atoms. The third-order valence-electron chi connectivity index (χ3n) is 5.74. The van der Waals surface area contributed by atoms with E-state index in [0.29, 0.717) is 19.3 Å². The van der Waals surface area contributed by atoms with Crippen molar-refractivity contribution in [1.29, 1.82) is 0 Å². The highest BCUT2D eigenvalue weighted by Crippen LogP contribution is 2.47. The van der Waals surface area contributed by atoms with Crippen LogP contribution < -0.4 is 0 Å². The topological polar surface area (TPSA) is 74.6 Å². The van der Waals surface area contributed by atoms with Gasteiger partial charge in [0.05, 0.1) is 6.10 Å². The van der Waals surface area contributed by atoms with E-state index < -0.39 is 12.1 Å². The number of carboxylic acid groups (broad SMARTS) is 1. The zero-order valence-corrected chi connectivity index (χ0v) is 16.1. The second-order valence-corrected chi connectivity index (χ2v) is 7.59. The molecule has 0 bridgehead atoms. The van der Waals surface area contributed by atoms with Crippen molar-refractivity contribution in [3.8, 4) is 11.8 Å². The predicted octanol–water partition coefficient (Wildman–Crippen LogP) is 4.06. The summed E-state index contributed by atoms with van der Waals surface area (Å²) in [5, 5.41) is 19.3. The summed E-state index contributed by atoms with van der Waals surface area (Å²) in [6, 6.07) is 0. The van der Waals surface area contributed by atoms with E-state index in [1.54, 1.807) is 6.08 Å². The molecule has 4 nitrogen and oxygen atoms in total. The van der Waals surface area contributed by atoms with Crippen LogP contribution in [0.5, 0.6) is 0 Å². The molecule has 0 aromatic heterocycles. The van der Waals surface area contributed by atoms with Crippen LogP contribution in [-0.4, -0.2) is 28.1 Å². The SMILES string of the molecule is CC#CCC1(C(O)C=C[C@H]2C=CC(=O)[C@@H]2CC=CCCCC(=O)O)CCC1. The van der Waals surface area contributed by atoms with Crippen molar-refractivity contribution in [3.63, 3.8) is 0 Å². The Kier molecular flexibility index (Phi) is 8.06.